The second-order valence-electron chi connectivity index (χ2n) is 4.55. The van der Waals surface area contributed by atoms with Gasteiger partial charge in [-0.05, 0) is 25.6 Å². The van der Waals surface area contributed by atoms with Crippen LogP contribution >= 0.6 is 0 Å². The van der Waals surface area contributed by atoms with Crippen LogP contribution in [0.1, 0.15) is 17.4 Å². The lowest BCUT2D eigenvalue weighted by molar-refractivity contribution is 0.0569. The Hall–Kier alpha value is -1.36. The molecule has 19 heavy (non-hydrogen) atoms. The highest BCUT2D eigenvalue weighted by Crippen LogP contribution is 2.26. The number of ether oxygens (including phenoxy) is 2. The van der Waals surface area contributed by atoms with E-state index in [1.807, 2.05) is 13.1 Å². The molecule has 104 valence electrons. The van der Waals surface area contributed by atoms with Crippen LogP contribution in [-0.2, 0) is 9.47 Å². The predicted octanol–water partition coefficient (Wildman–Crippen LogP) is 2.66. The van der Waals surface area contributed by atoms with Gasteiger partial charge in [0.05, 0.1) is 25.9 Å². The van der Waals surface area contributed by atoms with Gasteiger partial charge in [0, 0.05) is 12.5 Å². The summed E-state index contributed by atoms with van der Waals surface area (Å²) < 4.78 is 16.5. The number of aryl methyl sites for hydroxylation is 1. The van der Waals surface area contributed by atoms with Gasteiger partial charge in [-0.1, -0.05) is 18.2 Å². The monoisotopic (exact) mass is 263 g/mol. The Balaban J connectivity index is 2.10. The average Bonchev–Trinajstić information content (AvgIpc) is 2.84. The van der Waals surface area contributed by atoms with Gasteiger partial charge in [0.15, 0.2) is 0 Å². The van der Waals surface area contributed by atoms with E-state index in [1.165, 1.54) is 0 Å². The van der Waals surface area contributed by atoms with Crippen molar-refractivity contribution in [2.24, 2.45) is 0 Å². The number of benzene rings is 1. The Labute approximate surface area is 113 Å². The third-order valence-corrected chi connectivity index (χ3v) is 3.17. The van der Waals surface area contributed by atoms with Gasteiger partial charge in [-0.15, -0.1) is 0 Å². The maximum Gasteiger partial charge on any atom is 0.137 e. The number of para-hydroxylation sites is 1. The van der Waals surface area contributed by atoms with E-state index >= 15 is 0 Å². The summed E-state index contributed by atoms with van der Waals surface area (Å²) in [7, 11) is 3.57. The summed E-state index contributed by atoms with van der Waals surface area (Å²) in [4.78, 5) is 0. The minimum atomic E-state index is 0.0589. The van der Waals surface area contributed by atoms with Crippen LogP contribution in [0.25, 0.3) is 11.0 Å². The van der Waals surface area contributed by atoms with Crippen LogP contribution in [0.5, 0.6) is 0 Å². The molecule has 0 saturated carbocycles. The number of likely N-dealkylation sites (N-methyl/N-ethyl adjacent to an activating group) is 1. The number of fused-ring (bicyclic) bond motifs is 1. The van der Waals surface area contributed by atoms with Crippen LogP contribution in [0.3, 0.4) is 0 Å². The molecular formula is C15H21NO3. The van der Waals surface area contributed by atoms with E-state index in [2.05, 4.69) is 30.4 Å². The van der Waals surface area contributed by atoms with Crippen molar-refractivity contribution in [3.05, 3.63) is 35.6 Å². The lowest BCUT2D eigenvalue weighted by atomic mass is 10.1. The first kappa shape index (κ1) is 14.1. The normalized spacial score (nSPS) is 13.0. The Morgan fingerprint density at radius 3 is 2.84 bits per heavy atom. The summed E-state index contributed by atoms with van der Waals surface area (Å²) in [6.07, 6.45) is 0. The van der Waals surface area contributed by atoms with Crippen molar-refractivity contribution in [2.45, 2.75) is 13.0 Å². The second kappa shape index (κ2) is 6.70. The molecule has 0 aliphatic carbocycles. The largest absolute Gasteiger partial charge is 0.459 e. The fraction of sp³-hybridized carbons (Fsp3) is 0.467. The molecule has 0 fully saturated rings. The van der Waals surface area contributed by atoms with Gasteiger partial charge < -0.3 is 19.2 Å². The lowest BCUT2D eigenvalue weighted by Crippen LogP contribution is -2.22. The van der Waals surface area contributed by atoms with E-state index in [0.29, 0.717) is 19.8 Å². The molecule has 2 aromatic rings. The van der Waals surface area contributed by atoms with E-state index in [4.69, 9.17) is 13.9 Å². The van der Waals surface area contributed by atoms with Crippen molar-refractivity contribution in [1.82, 2.24) is 5.32 Å². The molecule has 0 aliphatic rings. The molecule has 0 amide bonds. The van der Waals surface area contributed by atoms with Gasteiger partial charge in [-0.3, -0.25) is 0 Å². The first-order chi connectivity index (χ1) is 9.26. The smallest absolute Gasteiger partial charge is 0.137 e. The van der Waals surface area contributed by atoms with Crippen molar-refractivity contribution >= 4 is 11.0 Å². The quantitative estimate of drug-likeness (QED) is 0.780. The van der Waals surface area contributed by atoms with Crippen molar-refractivity contribution in [1.29, 1.82) is 0 Å². The molecule has 0 aliphatic heterocycles. The first-order valence-electron chi connectivity index (χ1n) is 6.49. The van der Waals surface area contributed by atoms with Gasteiger partial charge in [-0.2, -0.15) is 0 Å². The highest BCUT2D eigenvalue weighted by atomic mass is 16.5. The van der Waals surface area contributed by atoms with Crippen LogP contribution in [0.4, 0.5) is 0 Å². The molecule has 2 rings (SSSR count). The van der Waals surface area contributed by atoms with E-state index < -0.39 is 0 Å². The standard InChI is InChI=1S/C15H21NO3/c1-11-5-4-6-12-9-14(19-15(11)12)13(16-2)10-18-8-7-17-3/h4-6,9,13,16H,7-8,10H2,1-3H3. The third-order valence-electron chi connectivity index (χ3n) is 3.17. The first-order valence-corrected chi connectivity index (χ1v) is 6.49. The van der Waals surface area contributed by atoms with Crippen LogP contribution in [0.2, 0.25) is 0 Å². The zero-order valence-corrected chi connectivity index (χ0v) is 11.7. The number of hydrogen-bond acceptors (Lipinski definition) is 4. The SMILES string of the molecule is CNC(COCCOC)c1cc2cccc(C)c2o1. The fourth-order valence-corrected chi connectivity index (χ4v) is 2.05. The summed E-state index contributed by atoms with van der Waals surface area (Å²) >= 11 is 0. The van der Waals surface area contributed by atoms with E-state index in [0.717, 1.165) is 22.3 Å². The summed E-state index contributed by atoms with van der Waals surface area (Å²) in [5, 5.41) is 4.35. The molecule has 1 atom stereocenters. The molecular weight excluding hydrogens is 242 g/mol. The predicted molar refractivity (Wildman–Crippen MR) is 75.4 cm³/mol. The molecule has 1 N–H and O–H groups in total. The van der Waals surface area contributed by atoms with Crippen LogP contribution < -0.4 is 5.32 Å². The fourth-order valence-electron chi connectivity index (χ4n) is 2.05. The highest BCUT2D eigenvalue weighted by molar-refractivity contribution is 5.80. The maximum atomic E-state index is 5.94. The average molecular weight is 263 g/mol. The molecule has 0 radical (unpaired) electrons. The van der Waals surface area contributed by atoms with Crippen LogP contribution in [0.15, 0.2) is 28.7 Å². The molecule has 1 aromatic carbocycles. The molecule has 0 bridgehead atoms. The van der Waals surface area contributed by atoms with E-state index in [-0.39, 0.29) is 6.04 Å². The number of rotatable bonds is 7. The third kappa shape index (κ3) is 3.35. The van der Waals surface area contributed by atoms with Crippen molar-refractivity contribution in [3.63, 3.8) is 0 Å². The number of nitrogens with one attached hydrogen (secondary N) is 1. The molecule has 4 heteroatoms. The van der Waals surface area contributed by atoms with E-state index in [1.54, 1.807) is 7.11 Å². The lowest BCUT2D eigenvalue weighted by Gasteiger charge is -2.13. The van der Waals surface area contributed by atoms with Crippen LogP contribution in [0, 0.1) is 6.92 Å². The van der Waals surface area contributed by atoms with Gasteiger partial charge in [0.2, 0.25) is 0 Å². The molecule has 4 nitrogen and oxygen atoms in total. The summed E-state index contributed by atoms with van der Waals surface area (Å²) in [6.45, 7) is 3.82. The minimum absolute atomic E-state index is 0.0589. The molecule has 0 saturated heterocycles. The zero-order chi connectivity index (χ0) is 13.7. The Morgan fingerprint density at radius 1 is 1.32 bits per heavy atom. The summed E-state index contributed by atoms with van der Waals surface area (Å²) in [6, 6.07) is 8.29. The summed E-state index contributed by atoms with van der Waals surface area (Å²) in [5.41, 5.74) is 2.11. The maximum absolute atomic E-state index is 5.94. The molecule has 1 aromatic heterocycles. The van der Waals surface area contributed by atoms with Crippen molar-refractivity contribution in [3.8, 4) is 0 Å². The number of methoxy groups -OCH3 is 1. The topological polar surface area (TPSA) is 43.6 Å². The number of furan rings is 1. The highest BCUT2D eigenvalue weighted by Gasteiger charge is 2.15. The Morgan fingerprint density at radius 2 is 2.16 bits per heavy atom. The molecule has 1 heterocycles. The van der Waals surface area contributed by atoms with Gasteiger partial charge in [0.25, 0.3) is 0 Å². The van der Waals surface area contributed by atoms with Gasteiger partial charge in [-0.25, -0.2) is 0 Å². The van der Waals surface area contributed by atoms with Crippen molar-refractivity contribution in [2.75, 3.05) is 34.0 Å². The van der Waals surface area contributed by atoms with E-state index in [9.17, 15) is 0 Å². The van der Waals surface area contributed by atoms with Gasteiger partial charge in [0.1, 0.15) is 11.3 Å². The minimum Gasteiger partial charge on any atom is -0.459 e. The molecule has 1 unspecified atom stereocenters. The second-order valence-corrected chi connectivity index (χ2v) is 4.55. The zero-order valence-electron chi connectivity index (χ0n) is 11.7. The molecule has 0 spiro atoms. The van der Waals surface area contributed by atoms with Crippen LogP contribution in [-0.4, -0.2) is 34.0 Å². The Bertz CT molecular complexity index is 521. The number of hydrogen-bond donors (Lipinski definition) is 1. The summed E-state index contributed by atoms with van der Waals surface area (Å²) in [5.74, 6) is 0.907. The van der Waals surface area contributed by atoms with Crippen molar-refractivity contribution < 1.29 is 13.9 Å². The van der Waals surface area contributed by atoms with Gasteiger partial charge >= 0.3 is 0 Å². The Kier molecular flexibility index (Phi) is 4.96.